The predicted molar refractivity (Wildman–Crippen MR) is 97.9 cm³/mol. The SMILES string of the molecule is Fc1cncc(Nc2nc(-c3cccnc3)nc3ccc(Br)cc23)c1. The minimum atomic E-state index is -0.419. The van der Waals surface area contributed by atoms with Gasteiger partial charge in [-0.1, -0.05) is 15.9 Å². The summed E-state index contributed by atoms with van der Waals surface area (Å²) >= 11 is 3.46. The van der Waals surface area contributed by atoms with Crippen molar-refractivity contribution < 1.29 is 4.39 Å². The second kappa shape index (κ2) is 6.52. The van der Waals surface area contributed by atoms with Crippen molar-refractivity contribution >= 4 is 38.3 Å². The molecule has 7 heteroatoms. The lowest BCUT2D eigenvalue weighted by Crippen LogP contribution is -2.00. The molecular weight excluding hydrogens is 385 g/mol. The van der Waals surface area contributed by atoms with E-state index in [2.05, 4.69) is 41.2 Å². The largest absolute Gasteiger partial charge is 0.338 e. The first-order valence-corrected chi connectivity index (χ1v) is 8.23. The van der Waals surface area contributed by atoms with Crippen LogP contribution in [0, 0.1) is 5.82 Å². The van der Waals surface area contributed by atoms with E-state index >= 15 is 0 Å². The summed E-state index contributed by atoms with van der Waals surface area (Å²) < 4.78 is 14.3. The Hall–Kier alpha value is -2.93. The maximum atomic E-state index is 13.4. The minimum absolute atomic E-state index is 0.419. The first-order chi connectivity index (χ1) is 12.2. The quantitative estimate of drug-likeness (QED) is 0.543. The molecule has 0 aliphatic heterocycles. The Balaban J connectivity index is 1.89. The van der Waals surface area contributed by atoms with Crippen LogP contribution in [0.15, 0.2) is 65.7 Å². The average molecular weight is 396 g/mol. The fraction of sp³-hybridized carbons (Fsp3) is 0. The van der Waals surface area contributed by atoms with Crippen LogP contribution in [0.4, 0.5) is 15.9 Å². The van der Waals surface area contributed by atoms with Gasteiger partial charge in [-0.05, 0) is 30.3 Å². The van der Waals surface area contributed by atoms with E-state index < -0.39 is 5.82 Å². The van der Waals surface area contributed by atoms with E-state index in [-0.39, 0.29) is 0 Å². The number of aromatic nitrogens is 4. The molecule has 0 aliphatic rings. The molecule has 0 spiro atoms. The van der Waals surface area contributed by atoms with Crippen molar-refractivity contribution in [3.05, 3.63) is 71.5 Å². The summed E-state index contributed by atoms with van der Waals surface area (Å²) in [7, 11) is 0. The van der Waals surface area contributed by atoms with Gasteiger partial charge in [-0.15, -0.1) is 0 Å². The number of nitrogens with zero attached hydrogens (tertiary/aromatic N) is 4. The van der Waals surface area contributed by atoms with E-state index in [0.717, 1.165) is 27.1 Å². The number of nitrogens with one attached hydrogen (secondary N) is 1. The third-order valence-corrected chi connectivity index (χ3v) is 4.04. The number of halogens is 2. The summed E-state index contributed by atoms with van der Waals surface area (Å²) in [5.74, 6) is 0.685. The smallest absolute Gasteiger partial charge is 0.163 e. The van der Waals surface area contributed by atoms with Gasteiger partial charge in [0.2, 0.25) is 0 Å². The number of anilines is 2. The molecule has 0 unspecified atom stereocenters. The summed E-state index contributed by atoms with van der Waals surface area (Å²) in [6.45, 7) is 0. The van der Waals surface area contributed by atoms with Gasteiger partial charge < -0.3 is 5.32 Å². The Morgan fingerprint density at radius 1 is 0.960 bits per heavy atom. The number of hydrogen-bond donors (Lipinski definition) is 1. The van der Waals surface area contributed by atoms with Gasteiger partial charge in [-0.2, -0.15) is 0 Å². The normalized spacial score (nSPS) is 10.8. The predicted octanol–water partition coefficient (Wildman–Crippen LogP) is 4.73. The van der Waals surface area contributed by atoms with Crippen LogP contribution < -0.4 is 5.32 Å². The lowest BCUT2D eigenvalue weighted by molar-refractivity contribution is 0.622. The van der Waals surface area contributed by atoms with Crippen molar-refractivity contribution in [2.45, 2.75) is 0 Å². The van der Waals surface area contributed by atoms with Gasteiger partial charge in [0.1, 0.15) is 11.6 Å². The molecule has 0 amide bonds. The third kappa shape index (κ3) is 3.32. The van der Waals surface area contributed by atoms with E-state index in [1.165, 1.54) is 6.07 Å². The molecule has 0 bridgehead atoms. The van der Waals surface area contributed by atoms with E-state index in [1.807, 2.05) is 30.3 Å². The Morgan fingerprint density at radius 3 is 2.68 bits per heavy atom. The van der Waals surface area contributed by atoms with Crippen molar-refractivity contribution in [1.82, 2.24) is 19.9 Å². The molecule has 0 saturated carbocycles. The van der Waals surface area contributed by atoms with E-state index in [0.29, 0.717) is 17.3 Å². The van der Waals surface area contributed by atoms with Gasteiger partial charge in [-0.25, -0.2) is 14.4 Å². The van der Waals surface area contributed by atoms with Gasteiger partial charge in [0, 0.05) is 33.9 Å². The number of fused-ring (bicyclic) bond motifs is 1. The molecule has 4 rings (SSSR count). The van der Waals surface area contributed by atoms with Crippen molar-refractivity contribution in [2.75, 3.05) is 5.32 Å². The zero-order valence-corrected chi connectivity index (χ0v) is 14.4. The Kier molecular flexibility index (Phi) is 4.07. The van der Waals surface area contributed by atoms with Crippen LogP contribution in [-0.2, 0) is 0 Å². The topological polar surface area (TPSA) is 63.6 Å². The molecule has 0 atom stereocenters. The van der Waals surface area contributed by atoms with Crippen molar-refractivity contribution in [3.8, 4) is 11.4 Å². The van der Waals surface area contributed by atoms with Gasteiger partial charge >= 0.3 is 0 Å². The van der Waals surface area contributed by atoms with Crippen LogP contribution >= 0.6 is 15.9 Å². The van der Waals surface area contributed by atoms with Gasteiger partial charge in [0.15, 0.2) is 5.82 Å². The van der Waals surface area contributed by atoms with Crippen molar-refractivity contribution in [2.24, 2.45) is 0 Å². The lowest BCUT2D eigenvalue weighted by Gasteiger charge is -2.11. The van der Waals surface area contributed by atoms with E-state index in [4.69, 9.17) is 0 Å². The standard InChI is InChI=1S/C18H11BrFN5/c19-12-3-4-16-15(6-12)18(23-14-7-13(20)9-22-10-14)25-17(24-16)11-2-1-5-21-8-11/h1-10H,(H,23,24,25). The van der Waals surface area contributed by atoms with Crippen LogP contribution in [0.5, 0.6) is 0 Å². The first-order valence-electron chi connectivity index (χ1n) is 7.44. The highest BCUT2D eigenvalue weighted by atomic mass is 79.9. The molecule has 0 saturated heterocycles. The Bertz CT molecular complexity index is 1060. The Morgan fingerprint density at radius 2 is 1.88 bits per heavy atom. The van der Waals surface area contributed by atoms with Crippen LogP contribution in [0.1, 0.15) is 0 Å². The number of pyridine rings is 2. The molecule has 1 aromatic carbocycles. The fourth-order valence-electron chi connectivity index (χ4n) is 2.44. The van der Waals surface area contributed by atoms with Crippen LogP contribution in [-0.4, -0.2) is 19.9 Å². The minimum Gasteiger partial charge on any atom is -0.338 e. The second-order valence-corrected chi connectivity index (χ2v) is 6.23. The molecule has 3 heterocycles. The molecule has 122 valence electrons. The van der Waals surface area contributed by atoms with Crippen LogP contribution in [0.25, 0.3) is 22.3 Å². The molecular formula is C18H11BrFN5. The molecule has 3 aromatic heterocycles. The molecule has 0 radical (unpaired) electrons. The van der Waals surface area contributed by atoms with Gasteiger partial charge in [0.05, 0.1) is 23.6 Å². The first kappa shape index (κ1) is 15.6. The maximum absolute atomic E-state index is 13.4. The second-order valence-electron chi connectivity index (χ2n) is 5.32. The zero-order valence-electron chi connectivity index (χ0n) is 12.8. The van der Waals surface area contributed by atoms with Crippen molar-refractivity contribution in [3.63, 3.8) is 0 Å². The van der Waals surface area contributed by atoms with Crippen LogP contribution in [0.3, 0.4) is 0 Å². The molecule has 4 aromatic rings. The zero-order chi connectivity index (χ0) is 17.2. The molecule has 1 N–H and O–H groups in total. The summed E-state index contributed by atoms with van der Waals surface area (Å²) in [5, 5.41) is 3.94. The summed E-state index contributed by atoms with van der Waals surface area (Å²) in [4.78, 5) is 17.2. The summed E-state index contributed by atoms with van der Waals surface area (Å²) in [5.41, 5.74) is 2.08. The molecule has 0 fully saturated rings. The average Bonchev–Trinajstić information content (AvgIpc) is 2.63. The maximum Gasteiger partial charge on any atom is 0.163 e. The van der Waals surface area contributed by atoms with Crippen molar-refractivity contribution in [1.29, 1.82) is 0 Å². The van der Waals surface area contributed by atoms with Crippen LogP contribution in [0.2, 0.25) is 0 Å². The highest BCUT2D eigenvalue weighted by molar-refractivity contribution is 9.10. The third-order valence-electron chi connectivity index (χ3n) is 3.55. The highest BCUT2D eigenvalue weighted by Crippen LogP contribution is 2.29. The number of rotatable bonds is 3. The monoisotopic (exact) mass is 395 g/mol. The fourth-order valence-corrected chi connectivity index (χ4v) is 2.80. The van der Waals surface area contributed by atoms with Gasteiger partial charge in [-0.3, -0.25) is 9.97 Å². The number of benzene rings is 1. The highest BCUT2D eigenvalue weighted by Gasteiger charge is 2.11. The lowest BCUT2D eigenvalue weighted by atomic mass is 10.2. The molecule has 0 aliphatic carbocycles. The summed E-state index contributed by atoms with van der Waals surface area (Å²) in [6, 6.07) is 10.8. The number of hydrogen-bond acceptors (Lipinski definition) is 5. The molecule has 25 heavy (non-hydrogen) atoms. The summed E-state index contributed by atoms with van der Waals surface area (Å²) in [6.07, 6.45) is 6.09. The van der Waals surface area contributed by atoms with E-state index in [1.54, 1.807) is 18.6 Å². The molecule has 5 nitrogen and oxygen atoms in total. The van der Waals surface area contributed by atoms with E-state index in [9.17, 15) is 4.39 Å². The van der Waals surface area contributed by atoms with Gasteiger partial charge in [0.25, 0.3) is 0 Å². The Labute approximate surface area is 151 Å².